The quantitative estimate of drug-likeness (QED) is 0.728. The fourth-order valence-corrected chi connectivity index (χ4v) is 2.41. The number of hydrogen-bond acceptors (Lipinski definition) is 4. The molecule has 0 saturated carbocycles. The second kappa shape index (κ2) is 5.74. The first-order valence-electron chi connectivity index (χ1n) is 5.67. The maximum Gasteiger partial charge on any atom is 0.258 e. The molecular weight excluding hydrogens is 363 g/mol. The lowest BCUT2D eigenvalue weighted by Gasteiger charge is -2.33. The number of morpholine rings is 1. The van der Waals surface area contributed by atoms with Gasteiger partial charge in [0.15, 0.2) is 0 Å². The Morgan fingerprint density at radius 1 is 1.47 bits per heavy atom. The van der Waals surface area contributed by atoms with E-state index in [9.17, 15) is 14.7 Å². The number of benzene rings is 1. The van der Waals surface area contributed by atoms with Crippen LogP contribution in [0.25, 0.3) is 0 Å². The van der Waals surface area contributed by atoms with Crippen LogP contribution >= 0.6 is 22.6 Å². The molecule has 0 bridgehead atoms. The molecular formula is C12H13IN2O4. The molecule has 1 aliphatic heterocycles. The van der Waals surface area contributed by atoms with E-state index in [1.165, 1.54) is 11.0 Å². The van der Waals surface area contributed by atoms with Crippen molar-refractivity contribution >= 4 is 34.4 Å². The molecule has 0 aliphatic carbocycles. The summed E-state index contributed by atoms with van der Waals surface area (Å²) in [5.41, 5.74) is 5.43. The standard InChI is InChI=1S/C12H13IN2O4/c13-7-1-2-10(16)8(5-7)12(18)15-3-4-19-6-9(15)11(14)17/h1-2,5,9,16H,3-4,6H2,(H2,14,17). The van der Waals surface area contributed by atoms with Crippen LogP contribution in [0.15, 0.2) is 18.2 Å². The van der Waals surface area contributed by atoms with Gasteiger partial charge in [-0.3, -0.25) is 9.59 Å². The number of primary amides is 1. The van der Waals surface area contributed by atoms with E-state index in [4.69, 9.17) is 10.5 Å². The summed E-state index contributed by atoms with van der Waals surface area (Å²) in [6, 6.07) is 3.93. The van der Waals surface area contributed by atoms with E-state index >= 15 is 0 Å². The van der Waals surface area contributed by atoms with Gasteiger partial charge in [0.05, 0.1) is 18.8 Å². The molecule has 6 nitrogen and oxygen atoms in total. The Kier molecular flexibility index (Phi) is 4.25. The molecule has 1 saturated heterocycles. The van der Waals surface area contributed by atoms with Crippen LogP contribution in [-0.4, -0.2) is 47.6 Å². The van der Waals surface area contributed by atoms with Gasteiger partial charge in [-0.25, -0.2) is 0 Å². The number of nitrogens with zero attached hydrogens (tertiary/aromatic N) is 1. The van der Waals surface area contributed by atoms with Crippen molar-refractivity contribution in [2.24, 2.45) is 5.73 Å². The molecule has 0 spiro atoms. The summed E-state index contributed by atoms with van der Waals surface area (Å²) in [6.07, 6.45) is 0. The molecule has 7 heteroatoms. The summed E-state index contributed by atoms with van der Waals surface area (Å²) in [4.78, 5) is 25.1. The number of nitrogens with two attached hydrogens (primary N) is 1. The maximum absolute atomic E-state index is 12.4. The highest BCUT2D eigenvalue weighted by atomic mass is 127. The molecule has 0 aromatic heterocycles. The molecule has 1 unspecified atom stereocenters. The Labute approximate surface area is 123 Å². The van der Waals surface area contributed by atoms with Gasteiger partial charge in [0.25, 0.3) is 5.91 Å². The summed E-state index contributed by atoms with van der Waals surface area (Å²) in [6.45, 7) is 0.712. The lowest BCUT2D eigenvalue weighted by atomic mass is 10.1. The van der Waals surface area contributed by atoms with Crippen LogP contribution in [0.4, 0.5) is 0 Å². The fourth-order valence-electron chi connectivity index (χ4n) is 1.92. The molecule has 3 N–H and O–H groups in total. The largest absolute Gasteiger partial charge is 0.507 e. The maximum atomic E-state index is 12.4. The minimum Gasteiger partial charge on any atom is -0.507 e. The van der Waals surface area contributed by atoms with Crippen molar-refractivity contribution in [2.75, 3.05) is 19.8 Å². The lowest BCUT2D eigenvalue weighted by molar-refractivity contribution is -0.127. The molecule has 2 amide bonds. The van der Waals surface area contributed by atoms with Gasteiger partial charge in [-0.15, -0.1) is 0 Å². The summed E-state index contributed by atoms with van der Waals surface area (Å²) < 4.78 is 5.98. The first-order chi connectivity index (χ1) is 9.00. The van der Waals surface area contributed by atoms with Gasteiger partial charge in [0, 0.05) is 10.1 Å². The summed E-state index contributed by atoms with van der Waals surface area (Å²) in [5, 5.41) is 9.76. The molecule has 2 rings (SSSR count). The third kappa shape index (κ3) is 2.98. The average molecular weight is 376 g/mol. The summed E-state index contributed by atoms with van der Waals surface area (Å²) >= 11 is 2.05. The molecule has 19 heavy (non-hydrogen) atoms. The molecule has 1 fully saturated rings. The lowest BCUT2D eigenvalue weighted by Crippen LogP contribution is -2.54. The highest BCUT2D eigenvalue weighted by molar-refractivity contribution is 14.1. The molecule has 1 aliphatic rings. The van der Waals surface area contributed by atoms with Crippen molar-refractivity contribution in [3.63, 3.8) is 0 Å². The van der Waals surface area contributed by atoms with Gasteiger partial charge in [0.2, 0.25) is 5.91 Å². The molecule has 102 valence electrons. The van der Waals surface area contributed by atoms with E-state index in [1.807, 2.05) is 22.6 Å². The number of rotatable bonds is 2. The zero-order valence-electron chi connectivity index (χ0n) is 10.0. The third-order valence-corrected chi connectivity index (χ3v) is 3.58. The number of amides is 2. The number of carbonyl (C=O) groups excluding carboxylic acids is 2. The number of hydrogen-bond donors (Lipinski definition) is 2. The topological polar surface area (TPSA) is 92.9 Å². The third-order valence-electron chi connectivity index (χ3n) is 2.91. The minimum absolute atomic E-state index is 0.0890. The zero-order chi connectivity index (χ0) is 14.0. The van der Waals surface area contributed by atoms with Gasteiger partial charge in [-0.2, -0.15) is 0 Å². The number of halogens is 1. The molecule has 1 aromatic rings. The Bertz CT molecular complexity index is 520. The van der Waals surface area contributed by atoms with E-state index in [0.29, 0.717) is 6.61 Å². The second-order valence-corrected chi connectivity index (χ2v) is 5.40. The Morgan fingerprint density at radius 2 is 2.21 bits per heavy atom. The van der Waals surface area contributed by atoms with Gasteiger partial charge >= 0.3 is 0 Å². The predicted molar refractivity (Wildman–Crippen MR) is 75.7 cm³/mol. The monoisotopic (exact) mass is 376 g/mol. The van der Waals surface area contributed by atoms with Gasteiger partial charge < -0.3 is 20.5 Å². The number of carbonyl (C=O) groups is 2. The highest BCUT2D eigenvalue weighted by Gasteiger charge is 2.32. The van der Waals surface area contributed by atoms with Gasteiger partial charge in [-0.05, 0) is 40.8 Å². The summed E-state index contributed by atoms with van der Waals surface area (Å²) in [7, 11) is 0. The normalized spacial score (nSPS) is 19.2. The molecule has 1 atom stereocenters. The van der Waals surface area contributed by atoms with Crippen molar-refractivity contribution in [3.05, 3.63) is 27.3 Å². The fraction of sp³-hybridized carbons (Fsp3) is 0.333. The number of ether oxygens (including phenoxy) is 1. The van der Waals surface area contributed by atoms with Crippen molar-refractivity contribution in [2.45, 2.75) is 6.04 Å². The van der Waals surface area contributed by atoms with Gasteiger partial charge in [-0.1, -0.05) is 0 Å². The average Bonchev–Trinajstić information content (AvgIpc) is 2.40. The number of aromatic hydroxyl groups is 1. The Morgan fingerprint density at radius 3 is 2.89 bits per heavy atom. The van der Waals surface area contributed by atoms with E-state index in [0.717, 1.165) is 3.57 Å². The SMILES string of the molecule is NC(=O)C1COCCN1C(=O)c1cc(I)ccc1O. The van der Waals surface area contributed by atoms with E-state index in [-0.39, 0.29) is 24.5 Å². The van der Waals surface area contributed by atoms with Crippen molar-refractivity contribution < 1.29 is 19.4 Å². The van der Waals surface area contributed by atoms with Crippen LogP contribution in [0.3, 0.4) is 0 Å². The van der Waals surface area contributed by atoms with E-state index in [2.05, 4.69) is 0 Å². The molecule has 0 radical (unpaired) electrons. The molecule has 1 aromatic carbocycles. The number of phenols is 1. The van der Waals surface area contributed by atoms with Crippen molar-refractivity contribution in [3.8, 4) is 5.75 Å². The van der Waals surface area contributed by atoms with Crippen LogP contribution in [0.1, 0.15) is 10.4 Å². The summed E-state index contributed by atoms with van der Waals surface area (Å²) in [5.74, 6) is -1.14. The minimum atomic E-state index is -0.793. The van der Waals surface area contributed by atoms with E-state index < -0.39 is 17.9 Å². The van der Waals surface area contributed by atoms with Crippen LogP contribution < -0.4 is 5.73 Å². The zero-order valence-corrected chi connectivity index (χ0v) is 12.2. The first-order valence-corrected chi connectivity index (χ1v) is 6.75. The van der Waals surface area contributed by atoms with Crippen molar-refractivity contribution in [1.82, 2.24) is 4.90 Å². The smallest absolute Gasteiger partial charge is 0.258 e. The highest BCUT2D eigenvalue weighted by Crippen LogP contribution is 2.23. The van der Waals surface area contributed by atoms with Crippen LogP contribution in [-0.2, 0) is 9.53 Å². The Hall–Kier alpha value is -1.35. The van der Waals surface area contributed by atoms with Crippen LogP contribution in [0.2, 0.25) is 0 Å². The number of phenolic OH excluding ortho intramolecular Hbond substituents is 1. The predicted octanol–water partition coefficient (Wildman–Crippen LogP) is 0.323. The van der Waals surface area contributed by atoms with Gasteiger partial charge in [0.1, 0.15) is 11.8 Å². The van der Waals surface area contributed by atoms with Crippen LogP contribution in [0, 0.1) is 3.57 Å². The Balaban J connectivity index is 2.31. The second-order valence-electron chi connectivity index (χ2n) is 4.15. The van der Waals surface area contributed by atoms with E-state index in [1.54, 1.807) is 12.1 Å². The first kappa shape index (κ1) is 14.1. The molecule has 1 heterocycles. The van der Waals surface area contributed by atoms with Crippen molar-refractivity contribution in [1.29, 1.82) is 0 Å². The van der Waals surface area contributed by atoms with Crippen LogP contribution in [0.5, 0.6) is 5.75 Å².